The van der Waals surface area contributed by atoms with E-state index in [0.717, 1.165) is 18.4 Å². The smallest absolute Gasteiger partial charge is 0.306 e. The summed E-state index contributed by atoms with van der Waals surface area (Å²) in [5.41, 5.74) is 1.16. The molecule has 0 saturated heterocycles. The minimum absolute atomic E-state index is 0.0585. The van der Waals surface area contributed by atoms with E-state index >= 15 is 0 Å². The lowest BCUT2D eigenvalue weighted by molar-refractivity contribution is -0.148. The minimum Gasteiger partial charge on any atom is -0.481 e. The van der Waals surface area contributed by atoms with Gasteiger partial charge in [-0.25, -0.2) is 4.98 Å². The Morgan fingerprint density at radius 3 is 2.24 bits per heavy atom. The number of carboxylic acids is 1. The zero-order chi connectivity index (χ0) is 31.4. The molecular weight excluding hydrogens is 554 g/mol. The van der Waals surface area contributed by atoms with Crippen molar-refractivity contribution in [2.45, 2.75) is 98.3 Å². The van der Waals surface area contributed by atoms with Gasteiger partial charge in [0.25, 0.3) is 5.91 Å². The second-order valence-electron chi connectivity index (χ2n) is 11.4. The van der Waals surface area contributed by atoms with Gasteiger partial charge in [0.1, 0.15) is 10.7 Å². The molecular formula is C32H47N3O6S. The predicted molar refractivity (Wildman–Crippen MR) is 164 cm³/mol. The summed E-state index contributed by atoms with van der Waals surface area (Å²) in [6.07, 6.45) is 2.70. The van der Waals surface area contributed by atoms with Gasteiger partial charge in [0.2, 0.25) is 5.91 Å². The van der Waals surface area contributed by atoms with Gasteiger partial charge >= 0.3 is 11.9 Å². The van der Waals surface area contributed by atoms with Crippen LogP contribution in [-0.4, -0.2) is 57.9 Å². The first-order valence-electron chi connectivity index (χ1n) is 14.8. The number of ether oxygens (including phenoxy) is 1. The molecule has 0 aliphatic rings. The Morgan fingerprint density at radius 2 is 1.69 bits per heavy atom. The fourth-order valence-corrected chi connectivity index (χ4v) is 5.91. The van der Waals surface area contributed by atoms with Crippen LogP contribution in [0.2, 0.25) is 0 Å². The Kier molecular flexibility index (Phi) is 14.1. The highest BCUT2D eigenvalue weighted by molar-refractivity contribution is 7.09. The molecule has 1 heterocycles. The molecule has 0 spiro atoms. The summed E-state index contributed by atoms with van der Waals surface area (Å²) in [6, 6.07) is 8.96. The van der Waals surface area contributed by atoms with Crippen LogP contribution in [0.3, 0.4) is 0 Å². The number of aromatic nitrogens is 1. The van der Waals surface area contributed by atoms with Crippen molar-refractivity contribution in [3.8, 4) is 0 Å². The van der Waals surface area contributed by atoms with E-state index in [0.29, 0.717) is 30.2 Å². The molecule has 2 amide bonds. The Morgan fingerprint density at radius 1 is 1.05 bits per heavy atom. The second-order valence-corrected chi connectivity index (χ2v) is 12.3. The molecule has 1 aromatic heterocycles. The summed E-state index contributed by atoms with van der Waals surface area (Å²) < 4.78 is 5.68. The van der Waals surface area contributed by atoms with Crippen molar-refractivity contribution in [2.24, 2.45) is 17.8 Å². The lowest BCUT2D eigenvalue weighted by Crippen LogP contribution is -2.42. The standard InChI is InChI=1S/C32H47N3O6S/c1-8-23(9-2)17-29(37)35(7)27(20(3)4)18-28(41-22(6)36)31-34-26(19-42-31)30(38)33-25(15-21(5)32(39)40)16-24-13-11-10-12-14-24/h10-14,19-21,23,25,27-28H,8-9,15-18H2,1-7H3,(H,33,38)(H,39,40)/t21-,25+,27+,28+/m0/s1. The molecule has 2 rings (SSSR count). The molecule has 0 unspecified atom stereocenters. The van der Waals surface area contributed by atoms with Crippen LogP contribution in [0.5, 0.6) is 0 Å². The Hall–Kier alpha value is -3.27. The van der Waals surface area contributed by atoms with Crippen molar-refractivity contribution in [2.75, 3.05) is 7.05 Å². The second kappa shape index (κ2) is 17.0. The molecule has 0 aliphatic carbocycles. The van der Waals surface area contributed by atoms with Crippen LogP contribution >= 0.6 is 11.3 Å². The van der Waals surface area contributed by atoms with Crippen LogP contribution in [0.1, 0.15) is 101 Å². The predicted octanol–water partition coefficient (Wildman–Crippen LogP) is 5.90. The van der Waals surface area contributed by atoms with E-state index in [1.165, 1.54) is 18.3 Å². The summed E-state index contributed by atoms with van der Waals surface area (Å²) >= 11 is 1.22. The third-order valence-corrected chi connectivity index (χ3v) is 8.73. The van der Waals surface area contributed by atoms with E-state index < -0.39 is 35.9 Å². The van der Waals surface area contributed by atoms with E-state index in [2.05, 4.69) is 24.1 Å². The van der Waals surface area contributed by atoms with Gasteiger partial charge in [0.15, 0.2) is 6.10 Å². The third kappa shape index (κ3) is 10.9. The molecule has 232 valence electrons. The Bertz CT molecular complexity index is 1160. The molecule has 0 radical (unpaired) electrons. The third-order valence-electron chi connectivity index (χ3n) is 7.79. The number of carboxylic acid groups (broad SMARTS) is 1. The van der Waals surface area contributed by atoms with Gasteiger partial charge < -0.3 is 20.1 Å². The number of carbonyl (C=O) groups is 4. The summed E-state index contributed by atoms with van der Waals surface area (Å²) in [5.74, 6) is -1.99. The maximum absolute atomic E-state index is 13.3. The van der Waals surface area contributed by atoms with Gasteiger partial charge in [0.05, 0.1) is 5.92 Å². The van der Waals surface area contributed by atoms with Crippen molar-refractivity contribution in [3.05, 3.63) is 52.0 Å². The van der Waals surface area contributed by atoms with Crippen molar-refractivity contribution in [3.63, 3.8) is 0 Å². The molecule has 0 fully saturated rings. The number of hydrogen-bond acceptors (Lipinski definition) is 7. The number of carbonyl (C=O) groups excluding carboxylic acids is 3. The van der Waals surface area contributed by atoms with E-state index in [1.54, 1.807) is 24.3 Å². The van der Waals surface area contributed by atoms with Crippen molar-refractivity contribution >= 4 is 35.1 Å². The summed E-state index contributed by atoms with van der Waals surface area (Å²) in [6.45, 7) is 11.2. The normalized spacial score (nSPS) is 14.2. The highest BCUT2D eigenvalue weighted by Gasteiger charge is 2.31. The number of aliphatic carboxylic acids is 1. The molecule has 42 heavy (non-hydrogen) atoms. The number of esters is 1. The number of nitrogens with zero attached hydrogens (tertiary/aromatic N) is 2. The largest absolute Gasteiger partial charge is 0.481 e. The number of hydrogen-bond donors (Lipinski definition) is 2. The number of rotatable bonds is 17. The summed E-state index contributed by atoms with van der Waals surface area (Å²) in [5, 5.41) is 14.5. The molecule has 2 N–H and O–H groups in total. The molecule has 0 aliphatic heterocycles. The molecule has 10 heteroatoms. The molecule has 0 saturated carbocycles. The van der Waals surface area contributed by atoms with Gasteiger partial charge in [0, 0.05) is 44.3 Å². The van der Waals surface area contributed by atoms with E-state index in [-0.39, 0.29) is 30.0 Å². The van der Waals surface area contributed by atoms with Gasteiger partial charge in [-0.05, 0) is 30.2 Å². The summed E-state index contributed by atoms with van der Waals surface area (Å²) in [7, 11) is 1.80. The monoisotopic (exact) mass is 601 g/mol. The topological polar surface area (TPSA) is 126 Å². The highest BCUT2D eigenvalue weighted by atomic mass is 32.1. The maximum atomic E-state index is 13.3. The average molecular weight is 602 g/mol. The minimum atomic E-state index is -0.925. The van der Waals surface area contributed by atoms with Gasteiger partial charge in [-0.2, -0.15) is 0 Å². The van der Waals surface area contributed by atoms with Gasteiger partial charge in [-0.3, -0.25) is 19.2 Å². The first-order chi connectivity index (χ1) is 19.9. The van der Waals surface area contributed by atoms with Gasteiger partial charge in [-0.1, -0.05) is 77.8 Å². The fraction of sp³-hybridized carbons (Fsp3) is 0.594. The number of benzene rings is 1. The van der Waals surface area contributed by atoms with Crippen molar-refractivity contribution in [1.82, 2.24) is 15.2 Å². The molecule has 0 bridgehead atoms. The van der Waals surface area contributed by atoms with Crippen LogP contribution < -0.4 is 5.32 Å². The number of amides is 2. The van der Waals surface area contributed by atoms with Crippen LogP contribution in [0, 0.1) is 17.8 Å². The Labute approximate surface area is 254 Å². The van der Waals surface area contributed by atoms with Crippen LogP contribution in [0.4, 0.5) is 0 Å². The van der Waals surface area contributed by atoms with Gasteiger partial charge in [-0.15, -0.1) is 11.3 Å². The SMILES string of the molecule is CCC(CC)CC(=O)N(C)[C@H](C[C@@H](OC(C)=O)c1nc(C(=O)N[C@@H](Cc2ccccc2)C[C@H](C)C(=O)O)cs1)C(C)C. The molecule has 4 atom stereocenters. The van der Waals surface area contributed by atoms with E-state index in [9.17, 15) is 24.3 Å². The quantitative estimate of drug-likeness (QED) is 0.216. The number of thiazole rings is 1. The zero-order valence-electron chi connectivity index (χ0n) is 26.0. The number of nitrogens with one attached hydrogen (secondary N) is 1. The van der Waals surface area contributed by atoms with E-state index in [1.807, 2.05) is 44.2 Å². The van der Waals surface area contributed by atoms with Crippen LogP contribution in [0.15, 0.2) is 35.7 Å². The van der Waals surface area contributed by atoms with Crippen LogP contribution in [-0.2, 0) is 25.5 Å². The molecule has 1 aromatic carbocycles. The Balaban J connectivity index is 2.24. The zero-order valence-corrected chi connectivity index (χ0v) is 26.8. The average Bonchev–Trinajstić information content (AvgIpc) is 3.44. The van der Waals surface area contributed by atoms with Crippen molar-refractivity contribution in [1.29, 1.82) is 0 Å². The maximum Gasteiger partial charge on any atom is 0.306 e. The van der Waals surface area contributed by atoms with Crippen molar-refractivity contribution < 1.29 is 29.0 Å². The van der Waals surface area contributed by atoms with Crippen LogP contribution in [0.25, 0.3) is 0 Å². The lowest BCUT2D eigenvalue weighted by atomic mass is 9.94. The lowest BCUT2D eigenvalue weighted by Gasteiger charge is -2.34. The first-order valence-corrected chi connectivity index (χ1v) is 15.7. The highest BCUT2D eigenvalue weighted by Crippen LogP contribution is 2.31. The molecule has 2 aromatic rings. The fourth-order valence-electron chi connectivity index (χ4n) is 5.07. The summed E-state index contributed by atoms with van der Waals surface area (Å²) in [4.78, 5) is 56.3. The first kappa shape index (κ1) is 34.9. The molecule has 9 nitrogen and oxygen atoms in total. The van der Waals surface area contributed by atoms with E-state index in [4.69, 9.17) is 4.74 Å².